The summed E-state index contributed by atoms with van der Waals surface area (Å²) in [4.78, 5) is 30.2. The average Bonchev–Trinajstić information content (AvgIpc) is 3.40. The van der Waals surface area contributed by atoms with Crippen molar-refractivity contribution in [2.45, 2.75) is 44.7 Å². The number of anilines is 1. The molecule has 0 radical (unpaired) electrons. The zero-order chi connectivity index (χ0) is 22.4. The summed E-state index contributed by atoms with van der Waals surface area (Å²) in [6, 6.07) is 12.7. The van der Waals surface area contributed by atoms with E-state index >= 15 is 0 Å². The Bertz CT molecular complexity index is 1120. The largest absolute Gasteiger partial charge is 0.507 e. The summed E-state index contributed by atoms with van der Waals surface area (Å²) < 4.78 is 5.71. The van der Waals surface area contributed by atoms with Gasteiger partial charge in [0.1, 0.15) is 18.1 Å². The van der Waals surface area contributed by atoms with Crippen molar-refractivity contribution in [3.8, 4) is 5.75 Å². The number of carbonyl (C=O) groups excluding carboxylic acids is 2. The number of aliphatic hydroxyl groups excluding tert-OH is 1. The molecule has 5 rings (SSSR count). The Hall–Kier alpha value is -3.28. The summed E-state index contributed by atoms with van der Waals surface area (Å²) in [5, 5.41) is 11.4. The second-order valence-corrected chi connectivity index (χ2v) is 9.01. The van der Waals surface area contributed by atoms with Crippen molar-refractivity contribution in [3.05, 3.63) is 64.7 Å². The number of carbonyl (C=O) groups is 2. The van der Waals surface area contributed by atoms with Crippen LogP contribution in [0.15, 0.2) is 48.0 Å². The summed E-state index contributed by atoms with van der Waals surface area (Å²) in [6.45, 7) is 3.34. The van der Waals surface area contributed by atoms with Gasteiger partial charge in [-0.2, -0.15) is 0 Å². The van der Waals surface area contributed by atoms with Gasteiger partial charge < -0.3 is 19.6 Å². The first kappa shape index (κ1) is 20.6. The van der Waals surface area contributed by atoms with E-state index in [-0.39, 0.29) is 17.4 Å². The molecule has 1 saturated heterocycles. The molecule has 1 aliphatic carbocycles. The topological polar surface area (TPSA) is 70.1 Å². The number of amides is 1. The number of aryl methyl sites for hydroxylation is 1. The fourth-order valence-corrected chi connectivity index (χ4v) is 5.23. The molecule has 1 saturated carbocycles. The molecule has 2 aliphatic heterocycles. The number of hydrogen-bond donors (Lipinski definition) is 1. The molecule has 1 amide bonds. The van der Waals surface area contributed by atoms with Crippen molar-refractivity contribution < 1.29 is 19.4 Å². The van der Waals surface area contributed by atoms with Crippen LogP contribution in [0.2, 0.25) is 0 Å². The first-order valence-electron chi connectivity index (χ1n) is 11.3. The molecule has 0 bridgehead atoms. The SMILES string of the molecule is Cc1cccc(C2/C(=C(/O)c3ccc4c(c3)N(C)CCO4)C(=O)C(=O)N2C2CCCC2)c1. The average molecular weight is 433 g/mol. The second-order valence-electron chi connectivity index (χ2n) is 9.01. The molecule has 6 heteroatoms. The fourth-order valence-electron chi connectivity index (χ4n) is 5.23. The van der Waals surface area contributed by atoms with Crippen LogP contribution in [0.25, 0.3) is 5.76 Å². The third-order valence-electron chi connectivity index (χ3n) is 6.88. The number of nitrogens with zero attached hydrogens (tertiary/aromatic N) is 2. The first-order chi connectivity index (χ1) is 15.5. The quantitative estimate of drug-likeness (QED) is 0.447. The molecule has 1 N–H and O–H groups in total. The maximum absolute atomic E-state index is 13.3. The van der Waals surface area contributed by atoms with E-state index in [0.717, 1.165) is 54.8 Å². The molecule has 2 fully saturated rings. The number of ketones is 1. The molecule has 2 aromatic rings. The highest BCUT2D eigenvalue weighted by atomic mass is 16.5. The van der Waals surface area contributed by atoms with Gasteiger partial charge in [0.2, 0.25) is 0 Å². The van der Waals surface area contributed by atoms with Crippen LogP contribution in [-0.2, 0) is 9.59 Å². The van der Waals surface area contributed by atoms with Gasteiger partial charge in [-0.05, 0) is 43.5 Å². The Kier molecular flexibility index (Phi) is 5.16. The molecule has 0 spiro atoms. The summed E-state index contributed by atoms with van der Waals surface area (Å²) in [7, 11) is 1.97. The molecule has 2 aromatic carbocycles. The van der Waals surface area contributed by atoms with Crippen LogP contribution in [0.3, 0.4) is 0 Å². The Labute approximate surface area is 188 Å². The minimum absolute atomic E-state index is 0.0188. The number of Topliss-reactive ketones (excluding diaryl/α,β-unsaturated/α-hetero) is 1. The van der Waals surface area contributed by atoms with Crippen LogP contribution in [0.4, 0.5) is 5.69 Å². The molecule has 32 heavy (non-hydrogen) atoms. The number of ether oxygens (including phenoxy) is 1. The number of likely N-dealkylation sites (tertiary alicyclic amines) is 1. The van der Waals surface area contributed by atoms with Crippen molar-refractivity contribution in [3.63, 3.8) is 0 Å². The summed E-state index contributed by atoms with van der Waals surface area (Å²) in [6.07, 6.45) is 3.86. The van der Waals surface area contributed by atoms with Gasteiger partial charge in [-0.25, -0.2) is 0 Å². The van der Waals surface area contributed by atoms with E-state index in [2.05, 4.69) is 4.90 Å². The molecule has 6 nitrogen and oxygen atoms in total. The van der Waals surface area contributed by atoms with Gasteiger partial charge >= 0.3 is 0 Å². The van der Waals surface area contributed by atoms with E-state index in [4.69, 9.17) is 4.74 Å². The van der Waals surface area contributed by atoms with Gasteiger partial charge in [-0.1, -0.05) is 42.7 Å². The van der Waals surface area contributed by atoms with Gasteiger partial charge in [0, 0.05) is 18.7 Å². The molecular formula is C26H28N2O4. The summed E-state index contributed by atoms with van der Waals surface area (Å²) >= 11 is 0. The Morgan fingerprint density at radius 3 is 2.62 bits per heavy atom. The smallest absolute Gasteiger partial charge is 0.295 e. The Morgan fingerprint density at radius 2 is 1.88 bits per heavy atom. The van der Waals surface area contributed by atoms with Crippen molar-refractivity contribution >= 4 is 23.1 Å². The van der Waals surface area contributed by atoms with Crippen LogP contribution in [0, 0.1) is 6.92 Å². The predicted molar refractivity (Wildman–Crippen MR) is 123 cm³/mol. The van der Waals surface area contributed by atoms with Gasteiger partial charge in [0.05, 0.1) is 23.8 Å². The lowest BCUT2D eigenvalue weighted by atomic mass is 9.93. The number of hydrogen-bond acceptors (Lipinski definition) is 5. The van der Waals surface area contributed by atoms with E-state index in [1.165, 1.54) is 0 Å². The van der Waals surface area contributed by atoms with Crippen molar-refractivity contribution in [1.82, 2.24) is 4.90 Å². The standard InChI is InChI=1S/C26H28N2O4/c1-16-6-5-7-17(14-16)23-22(25(30)26(31)28(23)19-8-3-4-9-19)24(29)18-10-11-21-20(15-18)27(2)12-13-32-21/h5-7,10-11,14-15,19,23,29H,3-4,8-9,12-13H2,1-2H3/b24-22-. The molecule has 0 aromatic heterocycles. The van der Waals surface area contributed by atoms with Crippen LogP contribution in [-0.4, -0.2) is 47.9 Å². The molecule has 166 valence electrons. The minimum atomic E-state index is -0.608. The fraction of sp³-hybridized carbons (Fsp3) is 0.385. The number of benzene rings is 2. The molecular weight excluding hydrogens is 404 g/mol. The van der Waals surface area contributed by atoms with Gasteiger partial charge in [-0.3, -0.25) is 9.59 Å². The number of fused-ring (bicyclic) bond motifs is 1. The van der Waals surface area contributed by atoms with E-state index in [9.17, 15) is 14.7 Å². The summed E-state index contributed by atoms with van der Waals surface area (Å²) in [5.41, 5.74) is 3.45. The third kappa shape index (κ3) is 3.34. The first-order valence-corrected chi connectivity index (χ1v) is 11.3. The van der Waals surface area contributed by atoms with Crippen LogP contribution in [0.1, 0.15) is 48.4 Å². The van der Waals surface area contributed by atoms with Crippen LogP contribution in [0.5, 0.6) is 5.75 Å². The lowest BCUT2D eigenvalue weighted by Crippen LogP contribution is -2.37. The number of rotatable bonds is 3. The Morgan fingerprint density at radius 1 is 1.09 bits per heavy atom. The molecule has 1 atom stereocenters. The minimum Gasteiger partial charge on any atom is -0.507 e. The van der Waals surface area contributed by atoms with Crippen molar-refractivity contribution in [1.29, 1.82) is 0 Å². The van der Waals surface area contributed by atoms with Crippen molar-refractivity contribution in [2.24, 2.45) is 0 Å². The van der Waals surface area contributed by atoms with E-state index in [1.54, 1.807) is 11.0 Å². The summed E-state index contributed by atoms with van der Waals surface area (Å²) in [5.74, 6) is -0.499. The van der Waals surface area contributed by atoms with Crippen molar-refractivity contribution in [2.75, 3.05) is 25.1 Å². The second kappa shape index (κ2) is 8.01. The van der Waals surface area contributed by atoms with Gasteiger partial charge in [0.15, 0.2) is 0 Å². The van der Waals surface area contributed by atoms with Crippen LogP contribution < -0.4 is 9.64 Å². The number of likely N-dealkylation sites (N-methyl/N-ethyl adjacent to an activating group) is 1. The highest BCUT2D eigenvalue weighted by molar-refractivity contribution is 6.46. The zero-order valence-corrected chi connectivity index (χ0v) is 18.5. The number of aliphatic hydroxyl groups is 1. The maximum Gasteiger partial charge on any atom is 0.295 e. The molecule has 2 heterocycles. The lowest BCUT2D eigenvalue weighted by molar-refractivity contribution is -0.141. The predicted octanol–water partition coefficient (Wildman–Crippen LogP) is 4.19. The van der Waals surface area contributed by atoms with Crippen LogP contribution >= 0.6 is 0 Å². The molecule has 3 aliphatic rings. The van der Waals surface area contributed by atoms with Gasteiger partial charge in [-0.15, -0.1) is 0 Å². The third-order valence-corrected chi connectivity index (χ3v) is 6.88. The highest BCUT2D eigenvalue weighted by Crippen LogP contribution is 2.44. The maximum atomic E-state index is 13.3. The zero-order valence-electron chi connectivity index (χ0n) is 18.5. The highest BCUT2D eigenvalue weighted by Gasteiger charge is 2.49. The van der Waals surface area contributed by atoms with E-state index in [0.29, 0.717) is 12.2 Å². The van der Waals surface area contributed by atoms with E-state index < -0.39 is 17.7 Å². The molecule has 1 unspecified atom stereocenters. The monoisotopic (exact) mass is 432 g/mol. The van der Waals surface area contributed by atoms with E-state index in [1.807, 2.05) is 50.4 Å². The van der Waals surface area contributed by atoms with Gasteiger partial charge in [0.25, 0.3) is 11.7 Å². The lowest BCUT2D eigenvalue weighted by Gasteiger charge is -2.31. The Balaban J connectivity index is 1.66. The normalized spacial score (nSPS) is 22.9.